The molecule has 8 nitrogen and oxygen atoms in total. The summed E-state index contributed by atoms with van der Waals surface area (Å²) in [6.45, 7) is 0. The Bertz CT molecular complexity index is 971. The molecule has 4 saturated carbocycles. The van der Waals surface area contributed by atoms with Crippen LogP contribution in [0.1, 0.15) is 99.2 Å². The number of fused-ring (bicyclic) bond motifs is 20. The Morgan fingerprint density at radius 3 is 0.929 bits per heavy atom. The summed E-state index contributed by atoms with van der Waals surface area (Å²) in [7, 11) is 0. The van der Waals surface area contributed by atoms with Crippen LogP contribution in [0.4, 0.5) is 4.39 Å². The van der Waals surface area contributed by atoms with Crippen LogP contribution in [0.3, 0.4) is 0 Å². The Hall–Kier alpha value is 0.376. The second kappa shape index (κ2) is 12.2. The Balaban J connectivity index is 0.00000114. The van der Waals surface area contributed by atoms with Gasteiger partial charge in [0.05, 0.1) is 49.3 Å². The second-order valence-electron chi connectivity index (χ2n) is 15.7. The smallest absolute Gasteiger partial charge is 1.00 e. The van der Waals surface area contributed by atoms with Crippen LogP contribution in [-0.2, 0) is 0 Å². The van der Waals surface area contributed by atoms with Crippen LogP contribution in [0, 0.1) is 47.3 Å². The van der Waals surface area contributed by atoms with Crippen molar-refractivity contribution in [1.29, 1.82) is 0 Å². The summed E-state index contributed by atoms with van der Waals surface area (Å²) in [5.41, 5.74) is 0. The second-order valence-corrected chi connectivity index (χ2v) is 15.7. The first-order valence-corrected chi connectivity index (χ1v) is 17.9. The summed E-state index contributed by atoms with van der Waals surface area (Å²) in [4.78, 5) is 0. The molecule has 0 amide bonds. The van der Waals surface area contributed by atoms with Gasteiger partial charge >= 0.3 is 23.1 Å². The number of alkyl halides is 1. The van der Waals surface area contributed by atoms with Crippen molar-refractivity contribution in [3.63, 3.8) is 0 Å². The standard InChI is InChI=1S/C32H55FN8.Mg.2H/c33-23-15-7-14-22-24(23)32-40-30-21-13-6-5-12-20(21)28(38-30)36-26-17-9-2-1-8-16(17)25(34-26)35-27-18-10-3-4-11-19(18)29(37-27)39-31(22)41-32;;;/h16-32,34-41H,1-15H2;;;/q;+2;2*-1. The minimum Gasteiger partial charge on any atom is -1.00 e. The van der Waals surface area contributed by atoms with Gasteiger partial charge in [0.1, 0.15) is 6.17 Å². The molecule has 0 spiro atoms. The summed E-state index contributed by atoms with van der Waals surface area (Å²) in [5, 5.41) is 32.9. The molecular formula is C32H57FMgN8. The van der Waals surface area contributed by atoms with Crippen molar-refractivity contribution in [2.45, 2.75) is 152 Å². The first-order valence-electron chi connectivity index (χ1n) is 17.9. The molecule has 10 heteroatoms. The third-order valence-electron chi connectivity index (χ3n) is 13.8. The monoisotopic (exact) mass is 596 g/mol. The van der Waals surface area contributed by atoms with E-state index in [-0.39, 0.29) is 56.5 Å². The molecule has 234 valence electrons. The van der Waals surface area contributed by atoms with Crippen LogP contribution in [0.2, 0.25) is 0 Å². The normalized spacial score (nSPS) is 56.9. The van der Waals surface area contributed by atoms with Crippen LogP contribution < -0.4 is 42.5 Å². The summed E-state index contributed by atoms with van der Waals surface area (Å²) in [6.07, 6.45) is 20.2. The van der Waals surface area contributed by atoms with Crippen LogP contribution >= 0.6 is 0 Å². The van der Waals surface area contributed by atoms with Crippen molar-refractivity contribution in [2.24, 2.45) is 47.3 Å². The van der Waals surface area contributed by atoms with E-state index >= 15 is 4.39 Å². The van der Waals surface area contributed by atoms with Gasteiger partial charge in [-0.25, -0.2) is 4.39 Å². The van der Waals surface area contributed by atoms with Gasteiger partial charge in [0.15, 0.2) is 0 Å². The van der Waals surface area contributed by atoms with Gasteiger partial charge in [0, 0.05) is 5.92 Å². The van der Waals surface area contributed by atoms with Gasteiger partial charge in [0.2, 0.25) is 0 Å². The van der Waals surface area contributed by atoms with Crippen LogP contribution in [0.5, 0.6) is 0 Å². The number of nitrogens with one attached hydrogen (secondary N) is 8. The van der Waals surface area contributed by atoms with Crippen molar-refractivity contribution >= 4 is 23.1 Å². The van der Waals surface area contributed by atoms with E-state index in [0.717, 1.165) is 19.3 Å². The molecule has 9 aliphatic rings. The third-order valence-corrected chi connectivity index (χ3v) is 13.8. The fourth-order valence-corrected chi connectivity index (χ4v) is 12.0. The van der Waals surface area contributed by atoms with Crippen molar-refractivity contribution in [3.8, 4) is 0 Å². The summed E-state index contributed by atoms with van der Waals surface area (Å²) >= 11 is 0. The number of rotatable bonds is 0. The molecule has 17 atom stereocenters. The summed E-state index contributed by atoms with van der Waals surface area (Å²) in [5.74, 6) is 4.36. The number of halogens is 1. The SMILES string of the molecule is FC1CCCC2C3NC4NC(NC5NC(NC6NC(NC(N3)C12)C1CCCCC61)C1CCCCC51)C1CCCCC41.[H-].[H-].[Mg+2]. The fourth-order valence-electron chi connectivity index (χ4n) is 12.0. The molecule has 0 radical (unpaired) electrons. The van der Waals surface area contributed by atoms with E-state index in [1.807, 2.05) is 0 Å². The zero-order valence-corrected chi connectivity index (χ0v) is 26.9. The Kier molecular flexibility index (Phi) is 8.64. The van der Waals surface area contributed by atoms with Gasteiger partial charge in [-0.3, -0.25) is 42.5 Å². The molecule has 8 bridgehead atoms. The third kappa shape index (κ3) is 5.05. The van der Waals surface area contributed by atoms with Crippen molar-refractivity contribution in [1.82, 2.24) is 42.5 Å². The Morgan fingerprint density at radius 2 is 0.595 bits per heavy atom. The van der Waals surface area contributed by atoms with Gasteiger partial charge in [-0.2, -0.15) is 0 Å². The predicted molar refractivity (Wildman–Crippen MR) is 165 cm³/mol. The molecule has 17 unspecified atom stereocenters. The molecule has 0 aromatic carbocycles. The molecule has 0 aromatic heterocycles. The summed E-state index contributed by atoms with van der Waals surface area (Å²) in [6, 6.07) is 0. The first-order chi connectivity index (χ1) is 20.2. The predicted octanol–water partition coefficient (Wildman–Crippen LogP) is 2.40. The Morgan fingerprint density at radius 1 is 0.333 bits per heavy atom. The average molecular weight is 597 g/mol. The molecule has 9 rings (SSSR count). The van der Waals surface area contributed by atoms with Crippen LogP contribution in [0.25, 0.3) is 0 Å². The first kappa shape index (κ1) is 29.8. The fraction of sp³-hybridized carbons (Fsp3) is 1.00. The van der Waals surface area contributed by atoms with E-state index in [1.54, 1.807) is 0 Å². The van der Waals surface area contributed by atoms with Crippen molar-refractivity contribution in [3.05, 3.63) is 0 Å². The minimum atomic E-state index is -0.721. The topological polar surface area (TPSA) is 96.2 Å². The maximum atomic E-state index is 15.8. The molecule has 5 heterocycles. The van der Waals surface area contributed by atoms with E-state index in [2.05, 4.69) is 42.5 Å². The van der Waals surface area contributed by atoms with Crippen LogP contribution in [0.15, 0.2) is 0 Å². The zero-order chi connectivity index (χ0) is 27.1. The number of hydrogen-bond acceptors (Lipinski definition) is 8. The molecule has 9 fully saturated rings. The van der Waals surface area contributed by atoms with E-state index in [9.17, 15) is 0 Å². The van der Waals surface area contributed by atoms with Gasteiger partial charge in [0.25, 0.3) is 0 Å². The Labute approximate surface area is 271 Å². The van der Waals surface area contributed by atoms with Crippen molar-refractivity contribution in [2.75, 3.05) is 0 Å². The van der Waals surface area contributed by atoms with E-state index in [1.165, 1.54) is 77.0 Å². The van der Waals surface area contributed by atoms with Gasteiger partial charge in [-0.15, -0.1) is 0 Å². The van der Waals surface area contributed by atoms with E-state index in [0.29, 0.717) is 66.1 Å². The largest absolute Gasteiger partial charge is 2.00 e. The molecule has 5 saturated heterocycles. The zero-order valence-electron chi connectivity index (χ0n) is 27.5. The van der Waals surface area contributed by atoms with E-state index in [4.69, 9.17) is 0 Å². The number of hydrogen-bond donors (Lipinski definition) is 8. The quantitative estimate of drug-likeness (QED) is 0.202. The maximum Gasteiger partial charge on any atom is 2.00 e. The van der Waals surface area contributed by atoms with Crippen LogP contribution in [-0.4, -0.2) is 78.6 Å². The molecular weight excluding hydrogens is 540 g/mol. The van der Waals surface area contributed by atoms with E-state index < -0.39 is 6.17 Å². The van der Waals surface area contributed by atoms with Gasteiger partial charge in [-0.1, -0.05) is 44.9 Å². The van der Waals surface area contributed by atoms with Crippen molar-refractivity contribution < 1.29 is 7.24 Å². The minimum absolute atomic E-state index is 0. The maximum absolute atomic E-state index is 15.8. The molecule has 0 aromatic rings. The molecule has 5 aliphatic heterocycles. The van der Waals surface area contributed by atoms with Gasteiger partial charge < -0.3 is 2.85 Å². The molecule has 8 N–H and O–H groups in total. The average Bonchev–Trinajstić information content (AvgIpc) is 3.73. The van der Waals surface area contributed by atoms with Gasteiger partial charge in [-0.05, 0) is 92.8 Å². The molecule has 42 heavy (non-hydrogen) atoms. The summed E-state index contributed by atoms with van der Waals surface area (Å²) < 4.78 is 15.8. The molecule has 4 aliphatic carbocycles.